The normalized spacial score (nSPS) is 10.6. The highest BCUT2D eigenvalue weighted by atomic mass is 16.5. The number of nitrogens with zero attached hydrogens (tertiary/aromatic N) is 1. The van der Waals surface area contributed by atoms with E-state index < -0.39 is 5.97 Å². The average molecular weight is 274 g/mol. The van der Waals surface area contributed by atoms with Crippen molar-refractivity contribution in [1.82, 2.24) is 9.97 Å². The zero-order valence-electron chi connectivity index (χ0n) is 11.1. The number of carboxylic acids is 1. The van der Waals surface area contributed by atoms with Crippen molar-refractivity contribution in [3.8, 4) is 11.6 Å². The van der Waals surface area contributed by atoms with Gasteiger partial charge in [-0.25, -0.2) is 4.79 Å². The molecule has 2 N–H and O–H groups in total. The third-order valence-corrected chi connectivity index (χ3v) is 2.62. The van der Waals surface area contributed by atoms with Crippen LogP contribution >= 0.6 is 0 Å². The molecule has 0 aliphatic rings. The van der Waals surface area contributed by atoms with Crippen molar-refractivity contribution in [1.29, 1.82) is 0 Å². The van der Waals surface area contributed by atoms with E-state index >= 15 is 0 Å². The first-order chi connectivity index (χ1) is 9.47. The Morgan fingerprint density at radius 1 is 1.35 bits per heavy atom. The quantitative estimate of drug-likeness (QED) is 0.893. The van der Waals surface area contributed by atoms with Gasteiger partial charge in [0.25, 0.3) is 5.56 Å². The maximum Gasteiger partial charge on any atom is 0.339 e. The van der Waals surface area contributed by atoms with Gasteiger partial charge >= 0.3 is 5.97 Å². The van der Waals surface area contributed by atoms with Crippen LogP contribution in [0.25, 0.3) is 0 Å². The Hall–Kier alpha value is -2.63. The number of nitrogens with one attached hydrogen (secondary N) is 1. The number of hydrogen-bond acceptors (Lipinski definition) is 4. The maximum absolute atomic E-state index is 11.5. The van der Waals surface area contributed by atoms with Crippen LogP contribution in [-0.4, -0.2) is 21.0 Å². The lowest BCUT2D eigenvalue weighted by molar-refractivity contribution is 0.0694. The third kappa shape index (κ3) is 3.03. The predicted octanol–water partition coefficient (Wildman–Crippen LogP) is 2.38. The van der Waals surface area contributed by atoms with Crippen molar-refractivity contribution < 1.29 is 14.6 Å². The Balaban J connectivity index is 2.40. The van der Waals surface area contributed by atoms with Crippen LogP contribution in [0.15, 0.2) is 35.1 Å². The number of para-hydroxylation sites is 1. The third-order valence-electron chi connectivity index (χ3n) is 2.62. The highest BCUT2D eigenvalue weighted by molar-refractivity contribution is 5.90. The molecule has 1 aromatic heterocycles. The molecule has 0 saturated heterocycles. The van der Waals surface area contributed by atoms with Gasteiger partial charge < -0.3 is 14.8 Å². The molecular weight excluding hydrogens is 260 g/mol. The smallest absolute Gasteiger partial charge is 0.339 e. The monoisotopic (exact) mass is 274 g/mol. The van der Waals surface area contributed by atoms with Gasteiger partial charge in [0.2, 0.25) is 5.88 Å². The second-order valence-electron chi connectivity index (χ2n) is 4.53. The van der Waals surface area contributed by atoms with Crippen molar-refractivity contribution >= 4 is 5.97 Å². The summed E-state index contributed by atoms with van der Waals surface area (Å²) < 4.78 is 5.43. The molecule has 0 saturated carbocycles. The number of aromatic nitrogens is 2. The van der Waals surface area contributed by atoms with Crippen molar-refractivity contribution in [2.45, 2.75) is 19.8 Å². The van der Waals surface area contributed by atoms with E-state index in [1.165, 1.54) is 18.2 Å². The first-order valence-corrected chi connectivity index (χ1v) is 6.09. The molecule has 2 aromatic rings. The van der Waals surface area contributed by atoms with E-state index in [-0.39, 0.29) is 28.7 Å². The summed E-state index contributed by atoms with van der Waals surface area (Å²) in [7, 11) is 0. The molecule has 1 aromatic carbocycles. The topological polar surface area (TPSA) is 92.3 Å². The minimum absolute atomic E-state index is 0.0145. The Bertz CT molecular complexity index is 692. The van der Waals surface area contributed by atoms with Crippen molar-refractivity contribution in [3.05, 3.63) is 52.1 Å². The van der Waals surface area contributed by atoms with Gasteiger partial charge in [-0.1, -0.05) is 26.0 Å². The molecule has 0 fully saturated rings. The van der Waals surface area contributed by atoms with Gasteiger partial charge in [-0.05, 0) is 12.1 Å². The summed E-state index contributed by atoms with van der Waals surface area (Å²) in [6.07, 6.45) is 0. The predicted molar refractivity (Wildman–Crippen MR) is 72.4 cm³/mol. The molecule has 104 valence electrons. The maximum atomic E-state index is 11.5. The fraction of sp³-hybridized carbons (Fsp3) is 0.214. The van der Waals surface area contributed by atoms with Gasteiger partial charge in [0.15, 0.2) is 0 Å². The van der Waals surface area contributed by atoms with Crippen LogP contribution in [0.3, 0.4) is 0 Å². The molecule has 0 amide bonds. The van der Waals surface area contributed by atoms with E-state index in [1.807, 2.05) is 13.8 Å². The van der Waals surface area contributed by atoms with E-state index in [0.717, 1.165) is 0 Å². The van der Waals surface area contributed by atoms with Crippen molar-refractivity contribution in [3.63, 3.8) is 0 Å². The van der Waals surface area contributed by atoms with Gasteiger partial charge in [-0.3, -0.25) is 4.79 Å². The molecule has 0 atom stereocenters. The first kappa shape index (κ1) is 13.8. The Morgan fingerprint density at radius 2 is 2.05 bits per heavy atom. The Kier molecular flexibility index (Phi) is 3.84. The van der Waals surface area contributed by atoms with Crippen LogP contribution in [0.5, 0.6) is 11.6 Å². The van der Waals surface area contributed by atoms with Crippen LogP contribution in [0.4, 0.5) is 0 Å². The molecular formula is C14H14N2O4. The fourth-order valence-electron chi connectivity index (χ4n) is 1.62. The number of aromatic carboxylic acids is 1. The van der Waals surface area contributed by atoms with Gasteiger partial charge in [-0.2, -0.15) is 4.98 Å². The number of H-pyrrole nitrogens is 1. The molecule has 0 aliphatic carbocycles. The molecule has 1 heterocycles. The summed E-state index contributed by atoms with van der Waals surface area (Å²) in [6.45, 7) is 3.76. The van der Waals surface area contributed by atoms with Crippen molar-refractivity contribution in [2.24, 2.45) is 0 Å². The largest absolute Gasteiger partial charge is 0.478 e. The van der Waals surface area contributed by atoms with E-state index in [1.54, 1.807) is 12.1 Å². The van der Waals surface area contributed by atoms with Crippen LogP contribution in [0.1, 0.15) is 35.9 Å². The van der Waals surface area contributed by atoms with E-state index in [9.17, 15) is 9.59 Å². The standard InChI is InChI=1S/C14H14N2O4/c1-8(2)13-15-11(17)7-12(16-13)20-10-6-4-3-5-9(10)14(18)19/h3-8H,1-2H3,(H,18,19)(H,15,16,17). The Labute approximate surface area is 115 Å². The molecule has 0 radical (unpaired) electrons. The second kappa shape index (κ2) is 5.56. The SMILES string of the molecule is CC(C)c1nc(Oc2ccccc2C(=O)O)cc(=O)[nH]1. The lowest BCUT2D eigenvalue weighted by Gasteiger charge is -2.09. The Morgan fingerprint density at radius 3 is 2.70 bits per heavy atom. The summed E-state index contributed by atoms with van der Waals surface area (Å²) in [5, 5.41) is 9.07. The molecule has 0 spiro atoms. The summed E-state index contributed by atoms with van der Waals surface area (Å²) in [5.41, 5.74) is -0.327. The summed E-state index contributed by atoms with van der Waals surface area (Å²) in [4.78, 5) is 29.4. The van der Waals surface area contributed by atoms with E-state index in [4.69, 9.17) is 9.84 Å². The molecule has 2 rings (SSSR count). The molecule has 0 aliphatic heterocycles. The second-order valence-corrected chi connectivity index (χ2v) is 4.53. The zero-order valence-corrected chi connectivity index (χ0v) is 11.1. The number of aromatic amines is 1. The lowest BCUT2D eigenvalue weighted by atomic mass is 10.2. The van der Waals surface area contributed by atoms with Gasteiger partial charge in [0, 0.05) is 5.92 Å². The molecule has 0 unspecified atom stereocenters. The van der Waals surface area contributed by atoms with Gasteiger partial charge in [-0.15, -0.1) is 0 Å². The van der Waals surface area contributed by atoms with Crippen LogP contribution in [0.2, 0.25) is 0 Å². The number of carbonyl (C=O) groups is 1. The zero-order chi connectivity index (χ0) is 14.7. The summed E-state index contributed by atoms with van der Waals surface area (Å²) in [5.74, 6) is -0.366. The van der Waals surface area contributed by atoms with Crippen LogP contribution in [-0.2, 0) is 0 Å². The van der Waals surface area contributed by atoms with Crippen LogP contribution in [0, 0.1) is 0 Å². The van der Waals surface area contributed by atoms with Gasteiger partial charge in [0.1, 0.15) is 17.1 Å². The minimum atomic E-state index is -1.10. The van der Waals surface area contributed by atoms with Crippen molar-refractivity contribution in [2.75, 3.05) is 0 Å². The summed E-state index contributed by atoms with van der Waals surface area (Å²) >= 11 is 0. The number of hydrogen-bond donors (Lipinski definition) is 2. The summed E-state index contributed by atoms with van der Waals surface area (Å²) in [6, 6.07) is 7.37. The molecule has 6 heteroatoms. The number of benzene rings is 1. The van der Waals surface area contributed by atoms with E-state index in [2.05, 4.69) is 9.97 Å². The molecule has 20 heavy (non-hydrogen) atoms. The first-order valence-electron chi connectivity index (χ1n) is 6.09. The highest BCUT2D eigenvalue weighted by Crippen LogP contribution is 2.23. The van der Waals surface area contributed by atoms with E-state index in [0.29, 0.717) is 5.82 Å². The number of ether oxygens (including phenoxy) is 1. The average Bonchev–Trinajstić information content (AvgIpc) is 2.38. The number of carboxylic acid groups (broad SMARTS) is 1. The van der Waals surface area contributed by atoms with Gasteiger partial charge in [0.05, 0.1) is 6.07 Å². The number of rotatable bonds is 4. The minimum Gasteiger partial charge on any atom is -0.478 e. The fourth-order valence-corrected chi connectivity index (χ4v) is 1.62. The highest BCUT2D eigenvalue weighted by Gasteiger charge is 2.13. The lowest BCUT2D eigenvalue weighted by Crippen LogP contribution is -2.12. The van der Waals surface area contributed by atoms with Crippen LogP contribution < -0.4 is 10.3 Å². The molecule has 0 bridgehead atoms. The molecule has 6 nitrogen and oxygen atoms in total.